The minimum absolute atomic E-state index is 0.441. The van der Waals surface area contributed by atoms with Crippen LogP contribution in [0.15, 0.2) is 29.1 Å². The van der Waals surface area contributed by atoms with Crippen molar-refractivity contribution < 1.29 is 4.42 Å². The first-order valence-corrected chi connectivity index (χ1v) is 11.3. The molecule has 4 heterocycles. The second-order valence-electron chi connectivity index (χ2n) is 7.89. The Hall–Kier alpha value is -2.10. The van der Waals surface area contributed by atoms with Gasteiger partial charge in [0.05, 0.1) is 17.7 Å². The van der Waals surface area contributed by atoms with E-state index in [0.717, 1.165) is 49.2 Å². The number of nitrogens with zero attached hydrogens (tertiary/aromatic N) is 6. The number of rotatable bonds is 4. The average Bonchev–Trinajstić information content (AvgIpc) is 3.32. The molecular formula is C20H24N6OS2. The molecule has 5 rings (SSSR count). The summed E-state index contributed by atoms with van der Waals surface area (Å²) in [6, 6.07) is 2.25. The minimum atomic E-state index is 0.441. The molecule has 0 spiro atoms. The molecule has 1 aliphatic carbocycles. The third-order valence-electron chi connectivity index (χ3n) is 5.73. The molecule has 0 N–H and O–H groups in total. The van der Waals surface area contributed by atoms with E-state index >= 15 is 0 Å². The van der Waals surface area contributed by atoms with Crippen LogP contribution in [0.25, 0.3) is 10.8 Å². The molecule has 0 aromatic carbocycles. The highest BCUT2D eigenvalue weighted by Crippen LogP contribution is 2.36. The Labute approximate surface area is 179 Å². The third-order valence-corrected chi connectivity index (χ3v) is 7.25. The molecule has 152 valence electrons. The summed E-state index contributed by atoms with van der Waals surface area (Å²) < 4.78 is 7.67. The molecule has 1 atom stereocenters. The molecular weight excluding hydrogens is 404 g/mol. The summed E-state index contributed by atoms with van der Waals surface area (Å²) in [6.45, 7) is 6.64. The van der Waals surface area contributed by atoms with Crippen molar-refractivity contribution in [3.63, 3.8) is 0 Å². The molecule has 0 saturated carbocycles. The van der Waals surface area contributed by atoms with E-state index < -0.39 is 0 Å². The minimum Gasteiger partial charge on any atom is -0.408 e. The van der Waals surface area contributed by atoms with Crippen molar-refractivity contribution in [2.24, 2.45) is 5.92 Å². The van der Waals surface area contributed by atoms with Gasteiger partial charge in [0.25, 0.3) is 10.7 Å². The van der Waals surface area contributed by atoms with Gasteiger partial charge in [0.1, 0.15) is 5.82 Å². The van der Waals surface area contributed by atoms with Crippen LogP contribution in [0.1, 0.15) is 23.8 Å². The van der Waals surface area contributed by atoms with Crippen LogP contribution in [0.2, 0.25) is 0 Å². The molecule has 7 nitrogen and oxygen atoms in total. The molecule has 1 unspecified atom stereocenters. The zero-order chi connectivity index (χ0) is 19.8. The van der Waals surface area contributed by atoms with Crippen molar-refractivity contribution in [2.45, 2.75) is 32.9 Å². The SMILES string of the molecule is CC1CCc2sc(-c3nn(CN4CCN(c5cnccn5)CC4)c(=S)o3)cc2C1. The molecule has 2 aliphatic rings. The lowest BCUT2D eigenvalue weighted by Crippen LogP contribution is -2.47. The molecule has 0 radical (unpaired) electrons. The molecule has 3 aromatic rings. The van der Waals surface area contributed by atoms with Gasteiger partial charge in [-0.15, -0.1) is 16.4 Å². The first kappa shape index (κ1) is 18.9. The van der Waals surface area contributed by atoms with Gasteiger partial charge in [-0.05, 0) is 49.0 Å². The lowest BCUT2D eigenvalue weighted by atomic mass is 9.90. The van der Waals surface area contributed by atoms with Crippen molar-refractivity contribution in [3.05, 3.63) is 39.9 Å². The molecule has 1 aliphatic heterocycles. The molecule has 3 aromatic heterocycles. The third kappa shape index (κ3) is 3.99. The number of aryl methyl sites for hydroxylation is 1. The summed E-state index contributed by atoms with van der Waals surface area (Å²) in [6.07, 6.45) is 8.85. The molecule has 1 saturated heterocycles. The number of hydrogen-bond acceptors (Lipinski definition) is 8. The van der Waals surface area contributed by atoms with Crippen LogP contribution in [0.5, 0.6) is 0 Å². The largest absolute Gasteiger partial charge is 0.408 e. The van der Waals surface area contributed by atoms with Gasteiger partial charge in [-0.25, -0.2) is 9.67 Å². The van der Waals surface area contributed by atoms with E-state index in [1.54, 1.807) is 12.4 Å². The second kappa shape index (κ2) is 7.97. The number of piperazine rings is 1. The highest BCUT2D eigenvalue weighted by Gasteiger charge is 2.22. The predicted molar refractivity (Wildman–Crippen MR) is 116 cm³/mol. The van der Waals surface area contributed by atoms with E-state index in [-0.39, 0.29) is 0 Å². The number of thiophene rings is 1. The Morgan fingerprint density at radius 3 is 2.90 bits per heavy atom. The van der Waals surface area contributed by atoms with Crippen molar-refractivity contribution in [2.75, 3.05) is 31.1 Å². The highest BCUT2D eigenvalue weighted by molar-refractivity contribution is 7.71. The number of fused-ring (bicyclic) bond motifs is 1. The first-order chi connectivity index (χ1) is 14.2. The molecule has 9 heteroatoms. The van der Waals surface area contributed by atoms with Gasteiger partial charge >= 0.3 is 0 Å². The van der Waals surface area contributed by atoms with E-state index in [9.17, 15) is 0 Å². The lowest BCUT2D eigenvalue weighted by molar-refractivity contribution is 0.192. The van der Waals surface area contributed by atoms with Crippen LogP contribution < -0.4 is 4.90 Å². The Kier molecular flexibility index (Phi) is 5.19. The van der Waals surface area contributed by atoms with Crippen molar-refractivity contribution in [1.82, 2.24) is 24.6 Å². The van der Waals surface area contributed by atoms with Gasteiger partial charge in [0.2, 0.25) is 0 Å². The van der Waals surface area contributed by atoms with Crippen LogP contribution in [0.3, 0.4) is 0 Å². The quantitative estimate of drug-likeness (QED) is 0.588. The monoisotopic (exact) mass is 428 g/mol. The topological polar surface area (TPSA) is 63.2 Å². The summed E-state index contributed by atoms with van der Waals surface area (Å²) in [7, 11) is 0. The maximum Gasteiger partial charge on any atom is 0.288 e. The highest BCUT2D eigenvalue weighted by atomic mass is 32.1. The maximum atomic E-state index is 5.86. The normalized spacial score (nSPS) is 20.0. The molecule has 29 heavy (non-hydrogen) atoms. The van der Waals surface area contributed by atoms with Crippen LogP contribution in [0.4, 0.5) is 5.82 Å². The standard InChI is InChI=1S/C20H24N6OS2/c1-14-2-3-16-15(10-14)11-17(29-16)19-23-26(20(28)27-19)13-24-6-8-25(9-7-24)18-12-21-4-5-22-18/h4-5,11-12,14H,2-3,6-10,13H2,1H3. The van der Waals surface area contributed by atoms with Crippen LogP contribution in [-0.2, 0) is 19.5 Å². The second-order valence-corrected chi connectivity index (χ2v) is 9.38. The summed E-state index contributed by atoms with van der Waals surface area (Å²) in [5.41, 5.74) is 1.46. The first-order valence-electron chi connectivity index (χ1n) is 10.1. The summed E-state index contributed by atoms with van der Waals surface area (Å²) >= 11 is 7.26. The van der Waals surface area contributed by atoms with Gasteiger partial charge in [-0.3, -0.25) is 9.88 Å². The molecule has 0 bridgehead atoms. The fourth-order valence-electron chi connectivity index (χ4n) is 4.07. The smallest absolute Gasteiger partial charge is 0.288 e. The van der Waals surface area contributed by atoms with E-state index in [0.29, 0.717) is 17.4 Å². The van der Waals surface area contributed by atoms with E-state index in [4.69, 9.17) is 21.7 Å². The van der Waals surface area contributed by atoms with E-state index in [1.165, 1.54) is 23.3 Å². The molecule has 0 amide bonds. The van der Waals surface area contributed by atoms with Crippen molar-refractivity contribution in [1.29, 1.82) is 0 Å². The van der Waals surface area contributed by atoms with Crippen LogP contribution in [-0.4, -0.2) is 50.8 Å². The van der Waals surface area contributed by atoms with Gasteiger partial charge in [0.15, 0.2) is 0 Å². The van der Waals surface area contributed by atoms with Crippen LogP contribution in [0, 0.1) is 10.8 Å². The van der Waals surface area contributed by atoms with Crippen molar-refractivity contribution in [3.8, 4) is 10.8 Å². The summed E-state index contributed by atoms with van der Waals surface area (Å²) in [5.74, 6) is 2.35. The van der Waals surface area contributed by atoms with Gasteiger partial charge in [-0.1, -0.05) is 6.92 Å². The number of anilines is 1. The van der Waals surface area contributed by atoms with Gasteiger partial charge in [0, 0.05) is 43.4 Å². The lowest BCUT2D eigenvalue weighted by Gasteiger charge is -2.34. The average molecular weight is 429 g/mol. The fraction of sp³-hybridized carbons (Fsp3) is 0.500. The Morgan fingerprint density at radius 1 is 1.24 bits per heavy atom. The van der Waals surface area contributed by atoms with E-state index in [2.05, 4.69) is 32.8 Å². The van der Waals surface area contributed by atoms with Gasteiger partial charge < -0.3 is 9.32 Å². The van der Waals surface area contributed by atoms with Crippen molar-refractivity contribution >= 4 is 29.4 Å². The zero-order valence-corrected chi connectivity index (χ0v) is 18.1. The predicted octanol–water partition coefficient (Wildman–Crippen LogP) is 3.63. The Bertz CT molecular complexity index is 1030. The zero-order valence-electron chi connectivity index (χ0n) is 16.5. The maximum absolute atomic E-state index is 5.86. The number of hydrogen-bond donors (Lipinski definition) is 0. The summed E-state index contributed by atoms with van der Waals surface area (Å²) in [4.78, 5) is 16.2. The Morgan fingerprint density at radius 2 is 2.10 bits per heavy atom. The molecule has 1 fully saturated rings. The Balaban J connectivity index is 1.25. The summed E-state index contributed by atoms with van der Waals surface area (Å²) in [5, 5.41) is 4.69. The number of aromatic nitrogens is 4. The fourth-order valence-corrected chi connectivity index (χ4v) is 5.38. The van der Waals surface area contributed by atoms with Gasteiger partial charge in [-0.2, -0.15) is 0 Å². The van der Waals surface area contributed by atoms with E-state index in [1.807, 2.05) is 22.2 Å². The van der Waals surface area contributed by atoms with Crippen LogP contribution >= 0.6 is 23.6 Å².